The molecule has 0 aromatic heterocycles. The first kappa shape index (κ1) is 21.5. The lowest BCUT2D eigenvalue weighted by Gasteiger charge is -2.37. The highest BCUT2D eigenvalue weighted by molar-refractivity contribution is 7.99. The Morgan fingerprint density at radius 2 is 2.07 bits per heavy atom. The summed E-state index contributed by atoms with van der Waals surface area (Å²) in [6, 6.07) is 13.3. The highest BCUT2D eigenvalue weighted by Crippen LogP contribution is 2.34. The van der Waals surface area contributed by atoms with Gasteiger partial charge in [-0.2, -0.15) is 0 Å². The van der Waals surface area contributed by atoms with Gasteiger partial charge in [0.15, 0.2) is 0 Å². The summed E-state index contributed by atoms with van der Waals surface area (Å²) in [6.45, 7) is 2.03. The van der Waals surface area contributed by atoms with Gasteiger partial charge in [-0.1, -0.05) is 18.2 Å². The molecule has 1 atom stereocenters. The number of rotatable bonds is 3. The minimum absolute atomic E-state index is 0. The SMILES string of the molecule is COc1ccccc1C1CNCCN1C(=O)c1ccc2c(c1)NC(=O)CCS2.Cl. The molecule has 154 valence electrons. The zero-order valence-electron chi connectivity index (χ0n) is 16.1. The first-order chi connectivity index (χ1) is 13.7. The van der Waals surface area contributed by atoms with E-state index in [1.807, 2.05) is 41.3 Å². The predicted octanol–water partition coefficient (Wildman–Crippen LogP) is 3.34. The summed E-state index contributed by atoms with van der Waals surface area (Å²) in [5, 5.41) is 6.29. The van der Waals surface area contributed by atoms with Gasteiger partial charge in [-0.15, -0.1) is 24.2 Å². The van der Waals surface area contributed by atoms with Crippen molar-refractivity contribution in [3.63, 3.8) is 0 Å². The van der Waals surface area contributed by atoms with Gasteiger partial charge in [0.05, 0.1) is 18.8 Å². The molecule has 1 fully saturated rings. The van der Waals surface area contributed by atoms with E-state index < -0.39 is 0 Å². The quantitative estimate of drug-likeness (QED) is 0.776. The van der Waals surface area contributed by atoms with Crippen molar-refractivity contribution in [3.05, 3.63) is 53.6 Å². The maximum Gasteiger partial charge on any atom is 0.254 e. The van der Waals surface area contributed by atoms with Crippen molar-refractivity contribution in [1.82, 2.24) is 10.2 Å². The standard InChI is InChI=1S/C21H23N3O3S.ClH/c1-27-18-5-3-2-4-15(18)17-13-22-9-10-24(17)21(26)14-6-7-19-16(12-14)23-20(25)8-11-28-19;/h2-7,12,17,22H,8-11,13H2,1H3,(H,23,25);1H. The molecule has 2 N–H and O–H groups in total. The minimum atomic E-state index is -0.111. The predicted molar refractivity (Wildman–Crippen MR) is 117 cm³/mol. The Hall–Kier alpha value is -2.22. The summed E-state index contributed by atoms with van der Waals surface area (Å²) in [7, 11) is 1.65. The molecule has 0 aliphatic carbocycles. The van der Waals surface area contributed by atoms with E-state index in [0.29, 0.717) is 25.1 Å². The molecule has 2 aromatic carbocycles. The molecule has 6 nitrogen and oxygen atoms in total. The van der Waals surface area contributed by atoms with E-state index in [-0.39, 0.29) is 30.3 Å². The van der Waals surface area contributed by atoms with Gasteiger partial charge in [0, 0.05) is 47.8 Å². The van der Waals surface area contributed by atoms with Gasteiger partial charge in [0.1, 0.15) is 5.75 Å². The minimum Gasteiger partial charge on any atom is -0.496 e. The maximum atomic E-state index is 13.4. The lowest BCUT2D eigenvalue weighted by Crippen LogP contribution is -2.48. The van der Waals surface area contributed by atoms with Crippen molar-refractivity contribution < 1.29 is 14.3 Å². The molecular weight excluding hydrogens is 410 g/mol. The third-order valence-electron chi connectivity index (χ3n) is 5.09. The third kappa shape index (κ3) is 4.52. The molecule has 8 heteroatoms. The zero-order chi connectivity index (χ0) is 19.5. The smallest absolute Gasteiger partial charge is 0.254 e. The largest absolute Gasteiger partial charge is 0.496 e. The van der Waals surface area contributed by atoms with E-state index in [1.54, 1.807) is 24.9 Å². The van der Waals surface area contributed by atoms with Crippen LogP contribution in [0, 0.1) is 0 Å². The van der Waals surface area contributed by atoms with Crippen LogP contribution in [0.15, 0.2) is 47.4 Å². The maximum absolute atomic E-state index is 13.4. The summed E-state index contributed by atoms with van der Waals surface area (Å²) in [5.41, 5.74) is 2.30. The lowest BCUT2D eigenvalue weighted by atomic mass is 10.0. The number of fused-ring (bicyclic) bond motifs is 1. The van der Waals surface area contributed by atoms with Crippen molar-refractivity contribution in [2.24, 2.45) is 0 Å². The first-order valence-corrected chi connectivity index (χ1v) is 10.4. The fraction of sp³-hybridized carbons (Fsp3) is 0.333. The van der Waals surface area contributed by atoms with Gasteiger partial charge in [-0.25, -0.2) is 0 Å². The second kappa shape index (κ2) is 9.52. The van der Waals surface area contributed by atoms with Crippen molar-refractivity contribution in [2.45, 2.75) is 17.4 Å². The van der Waals surface area contributed by atoms with Crippen LogP contribution in [0.4, 0.5) is 5.69 Å². The number of carbonyl (C=O) groups excluding carboxylic acids is 2. The number of thioether (sulfide) groups is 1. The number of nitrogens with one attached hydrogen (secondary N) is 2. The Morgan fingerprint density at radius 1 is 1.24 bits per heavy atom. The average molecular weight is 434 g/mol. The van der Waals surface area contributed by atoms with Crippen LogP contribution in [0.3, 0.4) is 0 Å². The number of anilines is 1. The normalized spacial score (nSPS) is 18.7. The van der Waals surface area contributed by atoms with Gasteiger partial charge < -0.3 is 20.3 Å². The molecule has 2 aliphatic rings. The van der Waals surface area contributed by atoms with Crippen LogP contribution in [0.25, 0.3) is 0 Å². The lowest BCUT2D eigenvalue weighted by molar-refractivity contribution is -0.115. The summed E-state index contributed by atoms with van der Waals surface area (Å²) < 4.78 is 5.52. The molecule has 1 saturated heterocycles. The highest BCUT2D eigenvalue weighted by atomic mass is 35.5. The fourth-order valence-electron chi connectivity index (χ4n) is 3.69. The van der Waals surface area contributed by atoms with Crippen LogP contribution in [-0.2, 0) is 4.79 Å². The molecule has 0 spiro atoms. The molecule has 1 unspecified atom stereocenters. The molecule has 29 heavy (non-hydrogen) atoms. The molecule has 2 amide bonds. The Kier molecular flexibility index (Phi) is 7.05. The van der Waals surface area contributed by atoms with Crippen LogP contribution in [0.2, 0.25) is 0 Å². The number of hydrogen-bond donors (Lipinski definition) is 2. The molecule has 2 aromatic rings. The number of benzene rings is 2. The second-order valence-corrected chi connectivity index (χ2v) is 7.95. The second-order valence-electron chi connectivity index (χ2n) is 6.82. The van der Waals surface area contributed by atoms with Crippen LogP contribution < -0.4 is 15.4 Å². The van der Waals surface area contributed by atoms with Crippen molar-refractivity contribution in [1.29, 1.82) is 0 Å². The monoisotopic (exact) mass is 433 g/mol. The van der Waals surface area contributed by atoms with E-state index in [1.165, 1.54) is 0 Å². The summed E-state index contributed by atoms with van der Waals surface area (Å²) in [4.78, 5) is 28.2. The van der Waals surface area contributed by atoms with Crippen LogP contribution in [0.5, 0.6) is 5.75 Å². The number of methoxy groups -OCH3 is 1. The number of ether oxygens (including phenoxy) is 1. The fourth-order valence-corrected chi connectivity index (χ4v) is 4.62. The van der Waals surface area contributed by atoms with Gasteiger partial charge in [0.2, 0.25) is 5.91 Å². The number of nitrogens with zero attached hydrogens (tertiary/aromatic N) is 1. The third-order valence-corrected chi connectivity index (χ3v) is 6.16. The van der Waals surface area contributed by atoms with Gasteiger partial charge in [-0.05, 0) is 24.3 Å². The molecular formula is C21H24ClN3O3S. The molecule has 0 saturated carbocycles. The van der Waals surface area contributed by atoms with E-state index in [0.717, 1.165) is 34.2 Å². The van der Waals surface area contributed by atoms with Gasteiger partial charge >= 0.3 is 0 Å². The van der Waals surface area contributed by atoms with E-state index in [4.69, 9.17) is 4.74 Å². The van der Waals surface area contributed by atoms with Crippen molar-refractivity contribution in [2.75, 3.05) is 37.8 Å². The molecule has 4 rings (SSSR count). The van der Waals surface area contributed by atoms with Crippen molar-refractivity contribution in [3.8, 4) is 5.75 Å². The summed E-state index contributed by atoms with van der Waals surface area (Å²) in [5.74, 6) is 1.48. The summed E-state index contributed by atoms with van der Waals surface area (Å²) in [6.07, 6.45) is 0.482. The van der Waals surface area contributed by atoms with Gasteiger partial charge in [0.25, 0.3) is 5.91 Å². The zero-order valence-corrected chi connectivity index (χ0v) is 17.8. The van der Waals surface area contributed by atoms with E-state index >= 15 is 0 Å². The Bertz CT molecular complexity index is 908. The van der Waals surface area contributed by atoms with Gasteiger partial charge in [-0.3, -0.25) is 9.59 Å². The number of hydrogen-bond acceptors (Lipinski definition) is 5. The molecule has 2 aliphatic heterocycles. The Labute approximate surface area is 180 Å². The number of amides is 2. The number of carbonyl (C=O) groups is 2. The topological polar surface area (TPSA) is 70.7 Å². The molecule has 0 radical (unpaired) electrons. The highest BCUT2D eigenvalue weighted by Gasteiger charge is 2.31. The van der Waals surface area contributed by atoms with Crippen molar-refractivity contribution >= 4 is 41.7 Å². The number of piperazine rings is 1. The Balaban J connectivity index is 0.00000240. The Morgan fingerprint density at radius 3 is 2.90 bits per heavy atom. The first-order valence-electron chi connectivity index (χ1n) is 9.38. The number of para-hydroxylation sites is 1. The molecule has 2 heterocycles. The van der Waals surface area contributed by atoms with E-state index in [2.05, 4.69) is 10.6 Å². The van der Waals surface area contributed by atoms with Crippen LogP contribution in [-0.4, -0.2) is 49.2 Å². The average Bonchev–Trinajstić information content (AvgIpc) is 2.93. The van der Waals surface area contributed by atoms with E-state index in [9.17, 15) is 9.59 Å². The molecule has 0 bridgehead atoms. The number of halogens is 1. The summed E-state index contributed by atoms with van der Waals surface area (Å²) >= 11 is 1.64. The van der Waals surface area contributed by atoms with Crippen LogP contribution in [0.1, 0.15) is 28.4 Å². The van der Waals surface area contributed by atoms with Crippen LogP contribution >= 0.6 is 24.2 Å².